The third-order valence-electron chi connectivity index (χ3n) is 2.98. The van der Waals surface area contributed by atoms with Gasteiger partial charge in [0.1, 0.15) is 5.82 Å². The van der Waals surface area contributed by atoms with E-state index in [0.717, 1.165) is 12.1 Å². The summed E-state index contributed by atoms with van der Waals surface area (Å²) in [4.78, 5) is 16.4. The minimum atomic E-state index is -0.432. The maximum absolute atomic E-state index is 13.9. The number of benzene rings is 1. The molecule has 21 heavy (non-hydrogen) atoms. The van der Waals surface area contributed by atoms with Crippen molar-refractivity contribution in [2.45, 2.75) is 20.3 Å². The van der Waals surface area contributed by atoms with Gasteiger partial charge in [-0.25, -0.2) is 4.39 Å². The molecule has 0 radical (unpaired) electrons. The molecule has 0 aliphatic carbocycles. The first-order chi connectivity index (χ1) is 10.1. The van der Waals surface area contributed by atoms with E-state index in [2.05, 4.69) is 15.6 Å². The van der Waals surface area contributed by atoms with E-state index in [9.17, 15) is 9.18 Å². The van der Waals surface area contributed by atoms with E-state index in [1.807, 2.05) is 13.8 Å². The summed E-state index contributed by atoms with van der Waals surface area (Å²) < 4.78 is 13.9. The SMILES string of the molecule is CCCNc1c(F)cccc1C(=O)Nc1ccc(C)nc1. The predicted molar refractivity (Wildman–Crippen MR) is 82.1 cm³/mol. The third-order valence-corrected chi connectivity index (χ3v) is 2.98. The molecule has 1 amide bonds. The van der Waals surface area contributed by atoms with Crippen molar-refractivity contribution < 1.29 is 9.18 Å². The van der Waals surface area contributed by atoms with Crippen LogP contribution in [0.15, 0.2) is 36.5 Å². The predicted octanol–water partition coefficient (Wildman–Crippen LogP) is 3.60. The largest absolute Gasteiger partial charge is 0.382 e. The number of aryl methyl sites for hydroxylation is 1. The number of anilines is 2. The van der Waals surface area contributed by atoms with Gasteiger partial charge in [-0.05, 0) is 37.6 Å². The summed E-state index contributed by atoms with van der Waals surface area (Å²) in [5, 5.41) is 5.68. The molecule has 1 aromatic heterocycles. The van der Waals surface area contributed by atoms with Crippen molar-refractivity contribution in [1.29, 1.82) is 0 Å². The van der Waals surface area contributed by atoms with Gasteiger partial charge in [0, 0.05) is 12.2 Å². The highest BCUT2D eigenvalue weighted by Gasteiger charge is 2.15. The fraction of sp³-hybridized carbons (Fsp3) is 0.250. The zero-order valence-electron chi connectivity index (χ0n) is 12.1. The van der Waals surface area contributed by atoms with Gasteiger partial charge in [-0.15, -0.1) is 0 Å². The minimum absolute atomic E-state index is 0.233. The minimum Gasteiger partial charge on any atom is -0.382 e. The molecule has 0 bridgehead atoms. The number of aromatic nitrogens is 1. The number of rotatable bonds is 5. The fourth-order valence-electron chi connectivity index (χ4n) is 1.88. The van der Waals surface area contributed by atoms with Gasteiger partial charge < -0.3 is 10.6 Å². The van der Waals surface area contributed by atoms with Gasteiger partial charge in [-0.2, -0.15) is 0 Å². The van der Waals surface area contributed by atoms with Crippen LogP contribution in [0.4, 0.5) is 15.8 Å². The number of para-hydroxylation sites is 1. The lowest BCUT2D eigenvalue weighted by Gasteiger charge is -2.12. The number of nitrogens with one attached hydrogen (secondary N) is 2. The van der Waals surface area contributed by atoms with Crippen molar-refractivity contribution in [3.8, 4) is 0 Å². The highest BCUT2D eigenvalue weighted by atomic mass is 19.1. The molecule has 2 rings (SSSR count). The molecule has 4 nitrogen and oxygen atoms in total. The van der Waals surface area contributed by atoms with Gasteiger partial charge >= 0.3 is 0 Å². The average molecular weight is 287 g/mol. The van der Waals surface area contributed by atoms with Crippen molar-refractivity contribution >= 4 is 17.3 Å². The summed E-state index contributed by atoms with van der Waals surface area (Å²) in [5.74, 6) is -0.795. The van der Waals surface area contributed by atoms with E-state index >= 15 is 0 Å². The molecule has 0 unspecified atom stereocenters. The van der Waals surface area contributed by atoms with Crippen molar-refractivity contribution in [2.24, 2.45) is 0 Å². The van der Waals surface area contributed by atoms with Gasteiger partial charge in [0.25, 0.3) is 5.91 Å². The summed E-state index contributed by atoms with van der Waals surface area (Å²) in [6.45, 7) is 4.45. The topological polar surface area (TPSA) is 54.0 Å². The second-order valence-corrected chi connectivity index (χ2v) is 4.73. The molecule has 2 aromatic rings. The number of nitrogens with zero attached hydrogens (tertiary/aromatic N) is 1. The Bertz CT molecular complexity index is 626. The number of amides is 1. The molecule has 5 heteroatoms. The number of hydrogen-bond acceptors (Lipinski definition) is 3. The van der Waals surface area contributed by atoms with Gasteiger partial charge in [-0.1, -0.05) is 13.0 Å². The van der Waals surface area contributed by atoms with Crippen LogP contribution >= 0.6 is 0 Å². The van der Waals surface area contributed by atoms with Crippen LogP contribution in [0.25, 0.3) is 0 Å². The lowest BCUT2D eigenvalue weighted by Crippen LogP contribution is -2.16. The monoisotopic (exact) mass is 287 g/mol. The maximum atomic E-state index is 13.9. The molecule has 2 N–H and O–H groups in total. The maximum Gasteiger partial charge on any atom is 0.257 e. The molecule has 0 aliphatic heterocycles. The molecule has 0 fully saturated rings. The second-order valence-electron chi connectivity index (χ2n) is 4.73. The van der Waals surface area contributed by atoms with Crippen LogP contribution in [-0.4, -0.2) is 17.4 Å². The molecule has 0 saturated carbocycles. The molecule has 1 heterocycles. The number of carbonyl (C=O) groups is 1. The van der Waals surface area contributed by atoms with Crippen LogP contribution in [0.3, 0.4) is 0 Å². The van der Waals surface area contributed by atoms with Gasteiger partial charge in [0.2, 0.25) is 0 Å². The molecular formula is C16H18FN3O. The normalized spacial score (nSPS) is 10.2. The summed E-state index contributed by atoms with van der Waals surface area (Å²) in [5.41, 5.74) is 1.96. The van der Waals surface area contributed by atoms with Crippen LogP contribution in [-0.2, 0) is 0 Å². The second kappa shape index (κ2) is 6.83. The van der Waals surface area contributed by atoms with Crippen LogP contribution in [0, 0.1) is 12.7 Å². The van der Waals surface area contributed by atoms with Crippen LogP contribution in [0.5, 0.6) is 0 Å². The molecule has 110 valence electrons. The molecular weight excluding hydrogens is 269 g/mol. The van der Waals surface area contributed by atoms with E-state index < -0.39 is 5.82 Å². The number of halogens is 1. The Labute approximate surface area is 123 Å². The Kier molecular flexibility index (Phi) is 4.87. The summed E-state index contributed by atoms with van der Waals surface area (Å²) in [7, 11) is 0. The highest BCUT2D eigenvalue weighted by molar-refractivity contribution is 6.08. The molecule has 0 spiro atoms. The number of carbonyl (C=O) groups excluding carboxylic acids is 1. The van der Waals surface area contributed by atoms with Crippen molar-refractivity contribution in [3.05, 3.63) is 53.6 Å². The van der Waals surface area contributed by atoms with E-state index in [-0.39, 0.29) is 17.2 Å². The lowest BCUT2D eigenvalue weighted by atomic mass is 10.1. The van der Waals surface area contributed by atoms with E-state index in [0.29, 0.717) is 12.2 Å². The Hall–Kier alpha value is -2.43. The standard InChI is InChI=1S/C16H18FN3O/c1-3-9-18-15-13(5-4-6-14(15)17)16(21)20-12-8-7-11(2)19-10-12/h4-8,10,18H,3,9H2,1-2H3,(H,20,21). The first-order valence-corrected chi connectivity index (χ1v) is 6.88. The zero-order chi connectivity index (χ0) is 15.2. The summed E-state index contributed by atoms with van der Waals surface area (Å²) in [6, 6.07) is 8.02. The molecule has 0 atom stereocenters. The van der Waals surface area contributed by atoms with Crippen LogP contribution in [0.1, 0.15) is 29.4 Å². The van der Waals surface area contributed by atoms with Crippen molar-refractivity contribution in [2.75, 3.05) is 17.2 Å². The molecule has 1 aromatic carbocycles. The Balaban J connectivity index is 2.22. The number of hydrogen-bond donors (Lipinski definition) is 2. The Morgan fingerprint density at radius 2 is 2.10 bits per heavy atom. The first-order valence-electron chi connectivity index (χ1n) is 6.88. The highest BCUT2D eigenvalue weighted by Crippen LogP contribution is 2.21. The Morgan fingerprint density at radius 3 is 2.76 bits per heavy atom. The third kappa shape index (κ3) is 3.78. The summed E-state index contributed by atoms with van der Waals surface area (Å²) in [6.07, 6.45) is 2.42. The quantitative estimate of drug-likeness (QED) is 0.883. The van der Waals surface area contributed by atoms with Gasteiger partial charge in [0.15, 0.2) is 0 Å². The van der Waals surface area contributed by atoms with Crippen LogP contribution in [0.2, 0.25) is 0 Å². The van der Waals surface area contributed by atoms with Crippen LogP contribution < -0.4 is 10.6 Å². The Morgan fingerprint density at radius 1 is 1.29 bits per heavy atom. The number of pyridine rings is 1. The van der Waals surface area contributed by atoms with E-state index in [1.54, 1.807) is 24.4 Å². The molecule has 0 aliphatic rings. The van der Waals surface area contributed by atoms with E-state index in [4.69, 9.17) is 0 Å². The van der Waals surface area contributed by atoms with Gasteiger partial charge in [-0.3, -0.25) is 9.78 Å². The van der Waals surface area contributed by atoms with E-state index in [1.165, 1.54) is 12.1 Å². The smallest absolute Gasteiger partial charge is 0.257 e. The first kappa shape index (κ1) is 15.0. The average Bonchev–Trinajstić information content (AvgIpc) is 2.48. The van der Waals surface area contributed by atoms with Crippen molar-refractivity contribution in [3.63, 3.8) is 0 Å². The fourth-order valence-corrected chi connectivity index (χ4v) is 1.88. The van der Waals surface area contributed by atoms with Crippen molar-refractivity contribution in [1.82, 2.24) is 4.98 Å². The summed E-state index contributed by atoms with van der Waals surface area (Å²) >= 11 is 0. The molecule has 0 saturated heterocycles. The lowest BCUT2D eigenvalue weighted by molar-refractivity contribution is 0.102. The zero-order valence-corrected chi connectivity index (χ0v) is 12.1. The van der Waals surface area contributed by atoms with Gasteiger partial charge in [0.05, 0.1) is 23.1 Å².